The third kappa shape index (κ3) is 4.01. The van der Waals surface area contributed by atoms with Gasteiger partial charge in [0.15, 0.2) is 0 Å². The second kappa shape index (κ2) is 8.02. The third-order valence-electron chi connectivity index (χ3n) is 4.67. The van der Waals surface area contributed by atoms with E-state index in [1.807, 2.05) is 4.90 Å². The smallest absolute Gasteiger partial charge is 0.247 e. The molecule has 0 spiro atoms. The van der Waals surface area contributed by atoms with Crippen molar-refractivity contribution in [2.75, 3.05) is 16.8 Å². The van der Waals surface area contributed by atoms with Crippen LogP contribution in [-0.4, -0.2) is 27.9 Å². The number of hydrogen-bond acceptors (Lipinski definition) is 5. The van der Waals surface area contributed by atoms with E-state index in [-0.39, 0.29) is 17.4 Å². The van der Waals surface area contributed by atoms with Gasteiger partial charge in [0.2, 0.25) is 11.0 Å². The van der Waals surface area contributed by atoms with Crippen molar-refractivity contribution >= 4 is 28.3 Å². The average molecular weight is 400 g/mol. The Balaban J connectivity index is 1.46. The van der Waals surface area contributed by atoms with Gasteiger partial charge in [0.05, 0.1) is 5.69 Å². The first-order valence-corrected chi connectivity index (χ1v) is 9.76. The number of rotatable bonds is 5. The highest BCUT2D eigenvalue weighted by Crippen LogP contribution is 2.28. The highest BCUT2D eigenvalue weighted by molar-refractivity contribution is 7.09. The van der Waals surface area contributed by atoms with Crippen LogP contribution in [0.1, 0.15) is 24.2 Å². The van der Waals surface area contributed by atoms with Crippen LogP contribution in [0.3, 0.4) is 0 Å². The molecule has 1 amide bonds. The summed E-state index contributed by atoms with van der Waals surface area (Å²) in [5.41, 5.74) is 1.09. The summed E-state index contributed by atoms with van der Waals surface area (Å²) < 4.78 is 31.2. The Morgan fingerprint density at radius 3 is 2.75 bits per heavy atom. The van der Waals surface area contributed by atoms with Gasteiger partial charge in [-0.15, -0.1) is 0 Å². The summed E-state index contributed by atoms with van der Waals surface area (Å²) >= 11 is 1.24. The second-order valence-electron chi connectivity index (χ2n) is 6.62. The average Bonchev–Trinajstić information content (AvgIpc) is 3.34. The summed E-state index contributed by atoms with van der Waals surface area (Å²) in [6.45, 7) is 0.695. The lowest BCUT2D eigenvalue weighted by Crippen LogP contribution is -2.39. The number of nitrogens with one attached hydrogen (secondary N) is 1. The number of hydrogen-bond donors (Lipinski definition) is 1. The zero-order valence-electron chi connectivity index (χ0n) is 14.9. The lowest BCUT2D eigenvalue weighted by molar-refractivity contribution is -0.117. The number of anilines is 2. The van der Waals surface area contributed by atoms with Crippen molar-refractivity contribution in [3.05, 3.63) is 71.6 Å². The molecule has 0 saturated carbocycles. The molecule has 0 radical (unpaired) electrons. The summed E-state index contributed by atoms with van der Waals surface area (Å²) in [4.78, 5) is 19.2. The Hall–Kier alpha value is -2.87. The highest BCUT2D eigenvalue weighted by Gasteiger charge is 2.33. The molecule has 3 aromatic rings. The van der Waals surface area contributed by atoms with Gasteiger partial charge in [-0.25, -0.2) is 13.8 Å². The molecule has 1 N–H and O–H groups in total. The fourth-order valence-electron chi connectivity index (χ4n) is 3.26. The van der Waals surface area contributed by atoms with Crippen LogP contribution < -0.4 is 10.2 Å². The van der Waals surface area contributed by atoms with E-state index in [0.29, 0.717) is 30.3 Å². The maximum atomic E-state index is 13.8. The van der Waals surface area contributed by atoms with Gasteiger partial charge in [-0.05, 0) is 42.7 Å². The molecule has 5 nitrogen and oxygen atoms in total. The second-order valence-corrected chi connectivity index (χ2v) is 7.35. The van der Waals surface area contributed by atoms with Gasteiger partial charge in [-0.3, -0.25) is 4.79 Å². The molecule has 0 unspecified atom stereocenters. The monoisotopic (exact) mass is 400 g/mol. The number of nitrogens with zero attached hydrogens (tertiary/aromatic N) is 3. The predicted molar refractivity (Wildman–Crippen MR) is 105 cm³/mol. The Bertz CT molecular complexity index is 976. The Kier molecular flexibility index (Phi) is 5.29. The van der Waals surface area contributed by atoms with Crippen molar-refractivity contribution in [1.82, 2.24) is 9.36 Å². The van der Waals surface area contributed by atoms with Gasteiger partial charge < -0.3 is 10.2 Å². The maximum Gasteiger partial charge on any atom is 0.247 e. The van der Waals surface area contributed by atoms with E-state index < -0.39 is 11.9 Å². The minimum atomic E-state index is -0.460. The molecule has 2 aromatic carbocycles. The van der Waals surface area contributed by atoms with Crippen LogP contribution in [0, 0.1) is 11.6 Å². The summed E-state index contributed by atoms with van der Waals surface area (Å²) in [5, 5.41) is 3.34. The minimum Gasteiger partial charge on any atom is -0.335 e. The molecule has 1 fully saturated rings. The van der Waals surface area contributed by atoms with Crippen LogP contribution >= 0.6 is 11.5 Å². The summed E-state index contributed by atoms with van der Waals surface area (Å²) in [5.74, 6) is -0.362. The lowest BCUT2D eigenvalue weighted by atomic mass is 10.1. The van der Waals surface area contributed by atoms with Crippen LogP contribution in [0.25, 0.3) is 0 Å². The molecule has 1 saturated heterocycles. The van der Waals surface area contributed by atoms with Crippen molar-refractivity contribution < 1.29 is 13.6 Å². The third-order valence-corrected chi connectivity index (χ3v) is 5.46. The summed E-state index contributed by atoms with van der Waals surface area (Å²) in [6.07, 6.45) is 2.02. The number of carbonyl (C=O) groups excluding carboxylic acids is 1. The predicted octanol–water partition coefficient (Wildman–Crippen LogP) is 4.01. The SMILES string of the molecule is O=C(Nc1ccccc1F)[C@H]1CCCN1c1nc(Cc2ccc(F)cc2)ns1. The topological polar surface area (TPSA) is 58.1 Å². The van der Waals surface area contributed by atoms with E-state index in [0.717, 1.165) is 12.0 Å². The van der Waals surface area contributed by atoms with Crippen molar-refractivity contribution in [3.8, 4) is 0 Å². The van der Waals surface area contributed by atoms with Gasteiger partial charge in [-0.1, -0.05) is 24.3 Å². The van der Waals surface area contributed by atoms with Gasteiger partial charge in [-0.2, -0.15) is 4.37 Å². The van der Waals surface area contributed by atoms with Crippen LogP contribution in [-0.2, 0) is 11.2 Å². The molecule has 1 atom stereocenters. The number of benzene rings is 2. The summed E-state index contributed by atoms with van der Waals surface area (Å²) in [7, 11) is 0. The molecule has 8 heteroatoms. The van der Waals surface area contributed by atoms with Crippen LogP contribution in [0.2, 0.25) is 0 Å². The van der Waals surface area contributed by atoms with Gasteiger partial charge >= 0.3 is 0 Å². The van der Waals surface area contributed by atoms with Gasteiger partial charge in [0, 0.05) is 24.5 Å². The molecule has 2 heterocycles. The van der Waals surface area contributed by atoms with Crippen molar-refractivity contribution in [3.63, 3.8) is 0 Å². The molecule has 28 heavy (non-hydrogen) atoms. The number of aromatic nitrogens is 2. The molecule has 1 aliphatic heterocycles. The fourth-order valence-corrected chi connectivity index (χ4v) is 4.03. The van der Waals surface area contributed by atoms with E-state index in [9.17, 15) is 13.6 Å². The Morgan fingerprint density at radius 2 is 1.96 bits per heavy atom. The Morgan fingerprint density at radius 1 is 1.18 bits per heavy atom. The number of halogens is 2. The molecular weight excluding hydrogens is 382 g/mol. The highest BCUT2D eigenvalue weighted by atomic mass is 32.1. The molecule has 4 rings (SSSR count). The molecular formula is C20H18F2N4OS. The molecule has 1 aromatic heterocycles. The number of para-hydroxylation sites is 1. The quantitative estimate of drug-likeness (QED) is 0.703. The zero-order valence-corrected chi connectivity index (χ0v) is 15.8. The summed E-state index contributed by atoms with van der Waals surface area (Å²) in [6, 6.07) is 11.9. The maximum absolute atomic E-state index is 13.8. The van der Waals surface area contributed by atoms with E-state index in [2.05, 4.69) is 14.7 Å². The van der Waals surface area contributed by atoms with Gasteiger partial charge in [0.1, 0.15) is 23.5 Å². The van der Waals surface area contributed by atoms with Crippen molar-refractivity contribution in [2.24, 2.45) is 0 Å². The normalized spacial score (nSPS) is 16.4. The van der Waals surface area contributed by atoms with Crippen LogP contribution in [0.4, 0.5) is 19.6 Å². The number of amides is 1. The van der Waals surface area contributed by atoms with E-state index in [1.54, 1.807) is 24.3 Å². The Labute approximate surface area is 165 Å². The fraction of sp³-hybridized carbons (Fsp3) is 0.250. The first-order chi connectivity index (χ1) is 13.6. The van der Waals surface area contributed by atoms with E-state index in [4.69, 9.17) is 0 Å². The van der Waals surface area contributed by atoms with Gasteiger partial charge in [0.25, 0.3) is 0 Å². The van der Waals surface area contributed by atoms with Crippen LogP contribution in [0.15, 0.2) is 48.5 Å². The standard InChI is InChI=1S/C20H18F2N4OS/c21-14-9-7-13(8-10-14)12-18-24-20(28-25-18)26-11-3-6-17(26)19(27)23-16-5-2-1-4-15(16)22/h1-2,4-5,7-10,17H,3,6,11-12H2,(H,23,27)/t17-/m1/s1. The zero-order chi connectivity index (χ0) is 19.5. The van der Waals surface area contributed by atoms with Crippen molar-refractivity contribution in [1.29, 1.82) is 0 Å². The number of carbonyl (C=O) groups is 1. The largest absolute Gasteiger partial charge is 0.335 e. The van der Waals surface area contributed by atoms with E-state index >= 15 is 0 Å². The van der Waals surface area contributed by atoms with Crippen molar-refractivity contribution in [2.45, 2.75) is 25.3 Å². The molecule has 0 bridgehead atoms. The minimum absolute atomic E-state index is 0.175. The first-order valence-electron chi connectivity index (χ1n) is 8.99. The first kappa shape index (κ1) is 18.5. The van der Waals surface area contributed by atoms with Crippen LogP contribution in [0.5, 0.6) is 0 Å². The lowest BCUT2D eigenvalue weighted by Gasteiger charge is -2.22. The molecule has 1 aliphatic rings. The molecule has 0 aliphatic carbocycles. The van der Waals surface area contributed by atoms with E-state index in [1.165, 1.54) is 35.8 Å². The molecule has 144 valence electrons.